The zero-order chi connectivity index (χ0) is 23.4. The summed E-state index contributed by atoms with van der Waals surface area (Å²) in [5.74, 6) is 0.380. The van der Waals surface area contributed by atoms with Crippen molar-refractivity contribution in [3.8, 4) is 0 Å². The van der Waals surface area contributed by atoms with Crippen LogP contribution < -0.4 is 0 Å². The number of rotatable bonds is 2. The Morgan fingerprint density at radius 2 is 1.72 bits per heavy atom. The number of Topliss-reactive ketones (excluding diaryl/α,β-unsaturated/α-hetero) is 2. The Morgan fingerprint density at radius 3 is 2.28 bits per heavy atom. The molecular weight excluding hydrogens is 503 g/mol. The molecule has 8 atom stereocenters. The highest BCUT2D eigenvalue weighted by Crippen LogP contribution is 2.67. The highest BCUT2D eigenvalue weighted by atomic mass is 36.0. The minimum atomic E-state index is -3.72. The van der Waals surface area contributed by atoms with Gasteiger partial charge in [0, 0.05) is 39.1 Å². The maximum absolute atomic E-state index is 13.4. The first-order valence-electron chi connectivity index (χ1n) is 10.9. The second-order valence-corrected chi connectivity index (χ2v) is 14.0. The summed E-state index contributed by atoms with van der Waals surface area (Å²) in [7, 11) is 4.81. The minimum absolute atomic E-state index is 0. The van der Waals surface area contributed by atoms with Crippen molar-refractivity contribution in [1.29, 1.82) is 0 Å². The number of aliphatic hydroxyl groups is 3. The van der Waals surface area contributed by atoms with Gasteiger partial charge < -0.3 is 15.3 Å². The number of fused-ring (bicyclic) bond motifs is 5. The highest BCUT2D eigenvalue weighted by molar-refractivity contribution is 8.31. The second kappa shape index (κ2) is 9.59. The standard InChI is InChI=1S/C21H32O5.Cl2O2S.ClH/c1-19-7-5-13(23)9-12(19)3-4-14-15-6-8-21(26,17(25)11-22)20(15,2)10-16(24)18(14)19;1-5(2,3)4;/h12-15,18,22-23,26H,3-11H2,1-2H3;;1H/t12-,13-,14+,15+,18-,19+,20+,21+;;/m1../s1. The summed E-state index contributed by atoms with van der Waals surface area (Å²) < 4.78 is 18.3. The van der Waals surface area contributed by atoms with Gasteiger partial charge in [0.1, 0.15) is 18.0 Å². The third-order valence-electron chi connectivity index (χ3n) is 9.08. The van der Waals surface area contributed by atoms with Crippen LogP contribution in [0.5, 0.6) is 0 Å². The molecule has 4 fully saturated rings. The van der Waals surface area contributed by atoms with Gasteiger partial charge >= 0.3 is 8.26 Å². The fraction of sp³-hybridized carbons (Fsp3) is 0.905. The van der Waals surface area contributed by atoms with E-state index in [0.717, 1.165) is 38.5 Å². The molecule has 4 aliphatic rings. The number of hydrogen-bond donors (Lipinski definition) is 3. The molecule has 0 saturated heterocycles. The normalized spacial score (nSPS) is 45.3. The van der Waals surface area contributed by atoms with Crippen molar-refractivity contribution >= 4 is 53.6 Å². The van der Waals surface area contributed by atoms with Gasteiger partial charge in [-0.1, -0.05) is 13.8 Å². The summed E-state index contributed by atoms with van der Waals surface area (Å²) >= 11 is 0. The van der Waals surface area contributed by atoms with Crippen LogP contribution in [0.4, 0.5) is 0 Å². The van der Waals surface area contributed by atoms with E-state index in [1.165, 1.54) is 0 Å². The van der Waals surface area contributed by atoms with Crippen LogP contribution in [0.15, 0.2) is 0 Å². The molecule has 4 saturated carbocycles. The molecule has 4 rings (SSSR count). The summed E-state index contributed by atoms with van der Waals surface area (Å²) in [6.45, 7) is 3.46. The van der Waals surface area contributed by atoms with Gasteiger partial charge in [-0.25, -0.2) is 0 Å². The van der Waals surface area contributed by atoms with Crippen molar-refractivity contribution in [1.82, 2.24) is 0 Å². The summed E-state index contributed by atoms with van der Waals surface area (Å²) in [5.41, 5.74) is -2.40. The van der Waals surface area contributed by atoms with E-state index in [2.05, 4.69) is 28.3 Å². The lowest BCUT2D eigenvalue weighted by Crippen LogP contribution is -2.62. The van der Waals surface area contributed by atoms with Crippen LogP contribution >= 0.6 is 33.8 Å². The minimum Gasteiger partial charge on any atom is -0.393 e. The lowest BCUT2D eigenvalue weighted by Gasteiger charge is -2.60. The first-order chi connectivity index (χ1) is 14.2. The number of aliphatic hydroxyl groups excluding tert-OH is 2. The van der Waals surface area contributed by atoms with Crippen LogP contribution in [0.3, 0.4) is 0 Å². The predicted molar refractivity (Wildman–Crippen MR) is 123 cm³/mol. The van der Waals surface area contributed by atoms with Crippen LogP contribution in [-0.4, -0.2) is 53.6 Å². The van der Waals surface area contributed by atoms with Gasteiger partial charge in [0.2, 0.25) is 0 Å². The Kier molecular flexibility index (Phi) is 8.48. The Bertz CT molecular complexity index is 844. The Labute approximate surface area is 204 Å². The van der Waals surface area contributed by atoms with Gasteiger partial charge in [-0.3, -0.25) is 9.59 Å². The first kappa shape index (κ1) is 28.3. The zero-order valence-corrected chi connectivity index (χ0v) is 21.4. The van der Waals surface area contributed by atoms with Crippen LogP contribution in [0.25, 0.3) is 0 Å². The molecule has 0 aromatic rings. The van der Waals surface area contributed by atoms with Crippen molar-refractivity contribution in [3.63, 3.8) is 0 Å². The number of carbonyl (C=O) groups excluding carboxylic acids is 2. The Morgan fingerprint density at radius 1 is 1.12 bits per heavy atom. The number of hydrogen-bond acceptors (Lipinski definition) is 7. The molecule has 0 radical (unpaired) electrons. The first-order valence-corrected chi connectivity index (χ1v) is 14.0. The number of halogens is 3. The van der Waals surface area contributed by atoms with Crippen molar-refractivity contribution in [2.75, 3.05) is 6.61 Å². The molecule has 4 aliphatic carbocycles. The summed E-state index contributed by atoms with van der Waals surface area (Å²) in [6, 6.07) is 0. The molecular formula is C21H33Cl3O7S. The molecule has 0 heterocycles. The quantitative estimate of drug-likeness (QED) is 0.464. The van der Waals surface area contributed by atoms with Gasteiger partial charge in [0.15, 0.2) is 5.78 Å². The molecule has 11 heteroatoms. The van der Waals surface area contributed by atoms with E-state index in [1.807, 2.05) is 6.92 Å². The van der Waals surface area contributed by atoms with Gasteiger partial charge in [-0.2, -0.15) is 8.42 Å². The second-order valence-electron chi connectivity index (χ2n) is 10.4. The molecule has 3 N–H and O–H groups in total. The van der Waals surface area contributed by atoms with Crippen LogP contribution in [0, 0.1) is 34.5 Å². The van der Waals surface area contributed by atoms with Crippen molar-refractivity contribution < 1.29 is 33.3 Å². The lowest BCUT2D eigenvalue weighted by molar-refractivity contribution is -0.180. The molecule has 186 valence electrons. The smallest absolute Gasteiger partial charge is 0.317 e. The predicted octanol–water partition coefficient (Wildman–Crippen LogP) is 2.99. The third kappa shape index (κ3) is 4.75. The van der Waals surface area contributed by atoms with E-state index in [0.29, 0.717) is 12.3 Å². The average Bonchev–Trinajstić information content (AvgIpc) is 2.91. The molecule has 0 spiro atoms. The van der Waals surface area contributed by atoms with Gasteiger partial charge in [-0.15, -0.1) is 12.4 Å². The monoisotopic (exact) mass is 534 g/mol. The molecule has 0 unspecified atom stereocenters. The van der Waals surface area contributed by atoms with E-state index in [-0.39, 0.29) is 53.9 Å². The van der Waals surface area contributed by atoms with Crippen molar-refractivity contribution in [2.24, 2.45) is 34.5 Å². The molecule has 0 aromatic heterocycles. The molecule has 0 amide bonds. The van der Waals surface area contributed by atoms with Crippen LogP contribution in [0.2, 0.25) is 0 Å². The molecule has 7 nitrogen and oxygen atoms in total. The summed E-state index contributed by atoms with van der Waals surface area (Å²) in [6.07, 6.45) is 5.47. The summed E-state index contributed by atoms with van der Waals surface area (Å²) in [5, 5.41) is 30.6. The lowest BCUT2D eigenvalue weighted by atomic mass is 9.44. The van der Waals surface area contributed by atoms with Crippen LogP contribution in [-0.2, 0) is 17.9 Å². The highest BCUT2D eigenvalue weighted by Gasteiger charge is 2.68. The molecule has 0 aliphatic heterocycles. The van der Waals surface area contributed by atoms with E-state index >= 15 is 0 Å². The molecule has 32 heavy (non-hydrogen) atoms. The SMILES string of the molecule is C[C@]12CC[C@@H](O)C[C@H]1CC[C@@H]1[C@@H]2C(=O)C[C@@]2(C)[C@H]1CC[C@]2(O)C(=O)CO.Cl.O=S(=O)(Cl)Cl. The Balaban J connectivity index is 0.000000548. The number of carbonyl (C=O) groups is 2. The maximum Gasteiger partial charge on any atom is 0.317 e. The van der Waals surface area contributed by atoms with Gasteiger partial charge in [0.05, 0.1) is 6.10 Å². The Hall–Kier alpha value is 0.0400. The van der Waals surface area contributed by atoms with E-state index < -0.39 is 31.7 Å². The van der Waals surface area contributed by atoms with E-state index in [9.17, 15) is 24.9 Å². The molecule has 0 aromatic carbocycles. The third-order valence-corrected chi connectivity index (χ3v) is 9.08. The summed E-state index contributed by atoms with van der Waals surface area (Å²) in [4.78, 5) is 25.7. The van der Waals surface area contributed by atoms with E-state index in [1.54, 1.807) is 0 Å². The maximum atomic E-state index is 13.4. The fourth-order valence-corrected chi connectivity index (χ4v) is 7.64. The van der Waals surface area contributed by atoms with Gasteiger partial charge in [0.25, 0.3) is 0 Å². The topological polar surface area (TPSA) is 129 Å². The molecule has 0 bridgehead atoms. The average molecular weight is 536 g/mol. The zero-order valence-electron chi connectivity index (χ0n) is 18.3. The van der Waals surface area contributed by atoms with Gasteiger partial charge in [-0.05, 0) is 68.1 Å². The number of ketones is 2. The van der Waals surface area contributed by atoms with Crippen molar-refractivity contribution in [2.45, 2.75) is 76.9 Å². The van der Waals surface area contributed by atoms with Crippen LogP contribution in [0.1, 0.15) is 65.2 Å². The van der Waals surface area contributed by atoms with Crippen molar-refractivity contribution in [3.05, 3.63) is 0 Å². The fourth-order valence-electron chi connectivity index (χ4n) is 7.64. The van der Waals surface area contributed by atoms with E-state index in [4.69, 9.17) is 8.42 Å². The largest absolute Gasteiger partial charge is 0.393 e.